The van der Waals surface area contributed by atoms with Gasteiger partial charge in [-0.15, -0.1) is 0 Å². The molecule has 0 amide bonds. The first kappa shape index (κ1) is 26.9. The van der Waals surface area contributed by atoms with E-state index in [9.17, 15) is 74.6 Å². The van der Waals surface area contributed by atoms with Crippen LogP contribution in [0.15, 0.2) is 0 Å². The quantitative estimate of drug-likeness (QED) is 0.236. The monoisotopic (exact) mass is 498 g/mol. The van der Waals surface area contributed by atoms with E-state index >= 15 is 0 Å². The van der Waals surface area contributed by atoms with Gasteiger partial charge in [-0.2, -0.15) is 52.7 Å². The molecular formula is C13H3F17O. The maximum Gasteiger partial charge on any atom is 0.384 e. The first-order chi connectivity index (χ1) is 13.6. The molecule has 0 saturated carbocycles. The fourth-order valence-electron chi connectivity index (χ4n) is 1.74. The van der Waals surface area contributed by atoms with Gasteiger partial charge in [0.15, 0.2) is 12.4 Å². The Morgan fingerprint density at radius 2 is 0.903 bits per heavy atom. The van der Waals surface area contributed by atoms with Gasteiger partial charge in [0.2, 0.25) is 29.1 Å². The van der Waals surface area contributed by atoms with E-state index in [-0.39, 0.29) is 0 Å². The number of hydrogen-bond donors (Lipinski definition) is 0. The molecule has 180 valence electrons. The Morgan fingerprint density at radius 3 is 1.26 bits per heavy atom. The van der Waals surface area contributed by atoms with E-state index in [0.717, 1.165) is 0 Å². The van der Waals surface area contributed by atoms with E-state index in [1.807, 2.05) is 0 Å². The van der Waals surface area contributed by atoms with Crippen molar-refractivity contribution >= 4 is 0 Å². The maximum atomic E-state index is 13.4. The molecule has 0 saturated heterocycles. The van der Waals surface area contributed by atoms with Crippen molar-refractivity contribution in [3.8, 4) is 5.75 Å². The predicted molar refractivity (Wildman–Crippen MR) is 62.5 cm³/mol. The Labute approximate surface area is 158 Å². The number of halogens is 17. The lowest BCUT2D eigenvalue weighted by Gasteiger charge is -2.39. The summed E-state index contributed by atoms with van der Waals surface area (Å²) in [4.78, 5) is 0. The molecular weight excluding hydrogens is 495 g/mol. The lowest BCUT2D eigenvalue weighted by atomic mass is 9.94. The van der Waals surface area contributed by atoms with Crippen molar-refractivity contribution in [1.82, 2.24) is 0 Å². The standard InChI is InChI=1S/C13H3F17O/c14-2-3(15)5(17)7(6(18)4(2)16)31-1-9(21,22)11(25,26)13(29,30)12(27,28)10(23,24)8(19)20/h8H,1H2. The summed E-state index contributed by atoms with van der Waals surface area (Å²) >= 11 is 0. The molecule has 0 N–H and O–H groups in total. The van der Waals surface area contributed by atoms with E-state index in [0.29, 0.717) is 0 Å². The second-order valence-electron chi connectivity index (χ2n) is 5.54. The Balaban J connectivity index is 3.39. The maximum absolute atomic E-state index is 13.4. The van der Waals surface area contributed by atoms with Crippen molar-refractivity contribution in [2.24, 2.45) is 0 Å². The van der Waals surface area contributed by atoms with Gasteiger partial charge in [-0.1, -0.05) is 0 Å². The van der Waals surface area contributed by atoms with Crippen LogP contribution >= 0.6 is 0 Å². The fourth-order valence-corrected chi connectivity index (χ4v) is 1.74. The first-order valence-corrected chi connectivity index (χ1v) is 6.91. The van der Waals surface area contributed by atoms with E-state index in [1.54, 1.807) is 0 Å². The molecule has 0 unspecified atom stereocenters. The van der Waals surface area contributed by atoms with E-state index in [2.05, 4.69) is 4.74 Å². The van der Waals surface area contributed by atoms with Crippen LogP contribution in [-0.4, -0.2) is 42.6 Å². The molecule has 18 heteroatoms. The van der Waals surface area contributed by atoms with Gasteiger partial charge in [0.05, 0.1) is 0 Å². The molecule has 0 fully saturated rings. The van der Waals surface area contributed by atoms with Crippen molar-refractivity contribution in [3.63, 3.8) is 0 Å². The molecule has 0 aromatic heterocycles. The molecule has 1 nitrogen and oxygen atoms in total. The van der Waals surface area contributed by atoms with Gasteiger partial charge in [-0.05, 0) is 0 Å². The average molecular weight is 498 g/mol. The van der Waals surface area contributed by atoms with Crippen LogP contribution in [0.5, 0.6) is 5.75 Å². The van der Waals surface area contributed by atoms with Crippen LogP contribution in [0.3, 0.4) is 0 Å². The molecule has 1 rings (SSSR count). The molecule has 0 spiro atoms. The average Bonchev–Trinajstić information content (AvgIpc) is 2.63. The smallest absolute Gasteiger partial charge is 0.384 e. The van der Waals surface area contributed by atoms with Gasteiger partial charge in [0.1, 0.15) is 0 Å². The third kappa shape index (κ3) is 3.81. The van der Waals surface area contributed by atoms with Gasteiger partial charge in [-0.3, -0.25) is 0 Å². The fraction of sp³-hybridized carbons (Fsp3) is 0.538. The zero-order valence-electron chi connectivity index (χ0n) is 13.6. The normalized spacial score (nSPS) is 14.4. The Hall–Kier alpha value is -2.17. The topological polar surface area (TPSA) is 9.23 Å². The Morgan fingerprint density at radius 1 is 0.548 bits per heavy atom. The summed E-state index contributed by atoms with van der Waals surface area (Å²) in [6.07, 6.45) is -5.75. The van der Waals surface area contributed by atoms with Gasteiger partial charge >= 0.3 is 36.0 Å². The van der Waals surface area contributed by atoms with Crippen molar-refractivity contribution in [2.45, 2.75) is 36.0 Å². The molecule has 0 radical (unpaired) electrons. The molecule has 0 aliphatic carbocycles. The molecule has 1 aromatic carbocycles. The highest BCUT2D eigenvalue weighted by Gasteiger charge is 2.87. The van der Waals surface area contributed by atoms with Crippen LogP contribution in [0, 0.1) is 29.1 Å². The third-order valence-corrected chi connectivity index (χ3v) is 3.51. The largest absolute Gasteiger partial charge is 0.481 e. The highest BCUT2D eigenvalue weighted by molar-refractivity contribution is 5.30. The summed E-state index contributed by atoms with van der Waals surface area (Å²) in [6.45, 7) is -3.55. The van der Waals surface area contributed by atoms with E-state index < -0.39 is 77.5 Å². The summed E-state index contributed by atoms with van der Waals surface area (Å²) in [5, 5.41) is 0. The van der Waals surface area contributed by atoms with Crippen molar-refractivity contribution in [1.29, 1.82) is 0 Å². The lowest BCUT2D eigenvalue weighted by molar-refractivity contribution is -0.414. The molecule has 0 aliphatic heterocycles. The Bertz CT molecular complexity index is 801. The van der Waals surface area contributed by atoms with Gasteiger partial charge in [0, 0.05) is 0 Å². The van der Waals surface area contributed by atoms with Crippen LogP contribution in [0.4, 0.5) is 74.6 Å². The second-order valence-corrected chi connectivity index (χ2v) is 5.54. The van der Waals surface area contributed by atoms with Crippen LogP contribution in [0.1, 0.15) is 0 Å². The zero-order chi connectivity index (χ0) is 25.0. The molecule has 0 bridgehead atoms. The second kappa shape index (κ2) is 7.75. The van der Waals surface area contributed by atoms with Gasteiger partial charge in [0.25, 0.3) is 0 Å². The summed E-state index contributed by atoms with van der Waals surface area (Å²) in [6, 6.07) is 0. The zero-order valence-corrected chi connectivity index (χ0v) is 13.6. The van der Waals surface area contributed by atoms with Crippen LogP contribution < -0.4 is 4.74 Å². The lowest BCUT2D eigenvalue weighted by Crippen LogP contribution is -2.69. The minimum Gasteiger partial charge on any atom is -0.481 e. The van der Waals surface area contributed by atoms with E-state index in [4.69, 9.17) is 0 Å². The summed E-state index contributed by atoms with van der Waals surface area (Å²) in [7, 11) is 0. The van der Waals surface area contributed by atoms with E-state index in [1.165, 1.54) is 0 Å². The van der Waals surface area contributed by atoms with Gasteiger partial charge in [-0.25, -0.2) is 22.0 Å². The van der Waals surface area contributed by atoms with Crippen LogP contribution in [-0.2, 0) is 0 Å². The molecule has 1 aromatic rings. The number of ether oxygens (including phenoxy) is 1. The van der Waals surface area contributed by atoms with Crippen molar-refractivity contribution in [3.05, 3.63) is 29.1 Å². The molecule has 0 aliphatic rings. The minimum atomic E-state index is -7.96. The van der Waals surface area contributed by atoms with Crippen molar-refractivity contribution in [2.75, 3.05) is 6.61 Å². The van der Waals surface area contributed by atoms with Crippen LogP contribution in [0.25, 0.3) is 0 Å². The number of rotatable bonds is 8. The van der Waals surface area contributed by atoms with Gasteiger partial charge < -0.3 is 4.74 Å². The predicted octanol–water partition coefficient (Wildman–Crippen LogP) is 6.20. The van der Waals surface area contributed by atoms with Crippen LogP contribution in [0.2, 0.25) is 0 Å². The summed E-state index contributed by atoms with van der Waals surface area (Å²) in [5.41, 5.74) is 0. The summed E-state index contributed by atoms with van der Waals surface area (Å²) in [5.74, 6) is -55.2. The Kier molecular flexibility index (Phi) is 6.72. The molecule has 31 heavy (non-hydrogen) atoms. The number of alkyl halides is 12. The molecule has 0 heterocycles. The highest BCUT2D eigenvalue weighted by atomic mass is 19.4. The first-order valence-electron chi connectivity index (χ1n) is 6.91. The SMILES string of the molecule is Fc1c(F)c(F)c(OCC(F)(F)C(F)(F)C(F)(F)C(F)(F)C(F)(F)C(F)F)c(F)c1F. The number of benzene rings is 1. The summed E-state index contributed by atoms with van der Waals surface area (Å²) < 4.78 is 223. The number of hydrogen-bond acceptors (Lipinski definition) is 1. The third-order valence-electron chi connectivity index (χ3n) is 3.51. The van der Waals surface area contributed by atoms with Crippen molar-refractivity contribution < 1.29 is 79.4 Å². The minimum absolute atomic E-state index is 2.75. The highest BCUT2D eigenvalue weighted by Crippen LogP contribution is 2.58. The molecule has 0 atom stereocenters.